The van der Waals surface area contributed by atoms with Crippen molar-refractivity contribution in [1.29, 1.82) is 0 Å². The van der Waals surface area contributed by atoms with E-state index in [0.29, 0.717) is 30.1 Å². The second kappa shape index (κ2) is 8.19. The number of hydrogen-bond acceptors (Lipinski definition) is 0. The Morgan fingerprint density at radius 2 is 0.680 bits per heavy atom. The Balaban J connectivity index is 2.21. The Kier molecular flexibility index (Phi) is 6.39. The van der Waals surface area contributed by atoms with Crippen LogP contribution < -0.4 is 0 Å². The lowest BCUT2D eigenvalue weighted by molar-refractivity contribution is 1.32. The molecule has 3 rings (SSSR count). The highest BCUT2D eigenvalue weighted by Gasteiger charge is 2.30. The van der Waals surface area contributed by atoms with E-state index < -0.39 is 10.9 Å². The van der Waals surface area contributed by atoms with Crippen LogP contribution in [0.2, 0.25) is 30.1 Å². The lowest BCUT2D eigenvalue weighted by atomic mass is 10.3. The summed E-state index contributed by atoms with van der Waals surface area (Å²) in [5.74, 6) is 0. The van der Waals surface area contributed by atoms with Gasteiger partial charge in [-0.3, -0.25) is 0 Å². The summed E-state index contributed by atoms with van der Waals surface area (Å²) in [7, 11) is -0.500. The summed E-state index contributed by atoms with van der Waals surface area (Å²) in [5.41, 5.74) is 0. The highest BCUT2D eigenvalue weighted by atomic mass is 35.5. The van der Waals surface area contributed by atoms with Gasteiger partial charge in [0, 0.05) is 18.2 Å². The molecule has 0 nitrogen and oxygen atoms in total. The molecule has 0 bridgehead atoms. The first-order valence-corrected chi connectivity index (χ1v) is 10.5. The van der Waals surface area contributed by atoms with Gasteiger partial charge in [-0.1, -0.05) is 69.6 Å². The summed E-state index contributed by atoms with van der Waals surface area (Å²) in [6.45, 7) is 0. The van der Waals surface area contributed by atoms with Crippen molar-refractivity contribution >= 4 is 80.5 Å². The molecule has 0 fully saturated rings. The quantitative estimate of drug-likeness (QED) is 0.336. The Morgan fingerprint density at radius 1 is 0.400 bits per heavy atom. The van der Waals surface area contributed by atoms with E-state index in [4.69, 9.17) is 69.6 Å². The van der Waals surface area contributed by atoms with Gasteiger partial charge in [0.25, 0.3) is 0 Å². The van der Waals surface area contributed by atoms with E-state index in [1.807, 2.05) is 36.4 Å². The molecular weight excluding hydrogens is 461 g/mol. The number of rotatable bonds is 3. The fourth-order valence-corrected chi connectivity index (χ4v) is 5.44. The smallest absolute Gasteiger partial charge is 0.0827 e. The molecule has 0 saturated carbocycles. The zero-order valence-electron chi connectivity index (χ0n) is 12.4. The van der Waals surface area contributed by atoms with Gasteiger partial charge in [-0.05, 0) is 36.4 Å². The van der Waals surface area contributed by atoms with Crippen LogP contribution in [-0.4, -0.2) is 0 Å². The summed E-state index contributed by atoms with van der Waals surface area (Å²) in [6.07, 6.45) is 0. The highest BCUT2D eigenvalue weighted by molar-refractivity contribution is 7.97. The number of hydrogen-bond donors (Lipinski definition) is 0. The zero-order valence-corrected chi connectivity index (χ0v) is 17.7. The molecule has 0 saturated heterocycles. The molecule has 0 aliphatic carbocycles. The maximum absolute atomic E-state index is 6.22. The van der Waals surface area contributed by atoms with Gasteiger partial charge in [0.15, 0.2) is 14.7 Å². The van der Waals surface area contributed by atoms with E-state index in [1.54, 1.807) is 18.2 Å². The van der Waals surface area contributed by atoms with E-state index in [0.717, 1.165) is 14.7 Å². The molecule has 3 aromatic carbocycles. The van der Waals surface area contributed by atoms with Crippen molar-refractivity contribution in [2.75, 3.05) is 0 Å². The molecule has 0 amide bonds. The maximum atomic E-state index is 6.22. The highest BCUT2D eigenvalue weighted by Crippen LogP contribution is 2.38. The third kappa shape index (κ3) is 4.36. The van der Waals surface area contributed by atoms with Crippen LogP contribution in [0.15, 0.2) is 69.3 Å². The summed E-state index contributed by atoms with van der Waals surface area (Å²) >= 11 is 36.9. The normalized spacial score (nSPS) is 11.2. The molecule has 0 aliphatic heterocycles. The first kappa shape index (κ1) is 19.5. The number of benzene rings is 3. The summed E-state index contributed by atoms with van der Waals surface area (Å²) in [4.78, 5) is 2.93. The second-order valence-corrected chi connectivity index (χ2v) is 9.50. The predicted octanol–water partition coefficient (Wildman–Crippen LogP) is 8.70. The molecule has 0 aromatic heterocycles. The van der Waals surface area contributed by atoms with Gasteiger partial charge in [0.1, 0.15) is 0 Å². The van der Waals surface area contributed by atoms with Crippen LogP contribution in [-0.2, 0) is 10.9 Å². The molecule has 0 aliphatic rings. The van der Waals surface area contributed by atoms with Crippen molar-refractivity contribution in [3.8, 4) is 0 Å². The van der Waals surface area contributed by atoms with E-state index in [1.165, 1.54) is 0 Å². The van der Waals surface area contributed by atoms with Gasteiger partial charge in [0.2, 0.25) is 0 Å². The van der Waals surface area contributed by atoms with E-state index in [2.05, 4.69) is 0 Å². The van der Waals surface area contributed by atoms with Crippen molar-refractivity contribution in [3.63, 3.8) is 0 Å². The molecule has 0 unspecified atom stereocenters. The maximum Gasteiger partial charge on any atom is 0.168 e. The molecule has 0 N–H and O–H groups in total. The summed E-state index contributed by atoms with van der Waals surface area (Å²) in [6, 6.07) is 16.7. The predicted molar refractivity (Wildman–Crippen MR) is 112 cm³/mol. The van der Waals surface area contributed by atoms with Gasteiger partial charge >= 0.3 is 0 Å². The molecule has 7 heteroatoms. The minimum absolute atomic E-state index is 0.483. The van der Waals surface area contributed by atoms with Crippen molar-refractivity contribution < 1.29 is 0 Å². The van der Waals surface area contributed by atoms with E-state index in [9.17, 15) is 0 Å². The van der Waals surface area contributed by atoms with E-state index >= 15 is 0 Å². The lowest BCUT2D eigenvalue weighted by Gasteiger charge is -2.10. The van der Waals surface area contributed by atoms with Gasteiger partial charge in [-0.25, -0.2) is 0 Å². The van der Waals surface area contributed by atoms with Gasteiger partial charge in [-0.2, -0.15) is 0 Å². The van der Waals surface area contributed by atoms with Gasteiger partial charge < -0.3 is 0 Å². The number of halogens is 6. The fourth-order valence-electron chi connectivity index (χ4n) is 2.22. The monoisotopic (exact) mass is 467 g/mol. The van der Waals surface area contributed by atoms with E-state index in [-0.39, 0.29) is 0 Å². The Labute approximate surface area is 178 Å². The second-order valence-electron chi connectivity index (χ2n) is 5.03. The largest absolute Gasteiger partial charge is 0.168 e. The molecule has 128 valence electrons. The van der Waals surface area contributed by atoms with Crippen LogP contribution in [0.5, 0.6) is 0 Å². The van der Waals surface area contributed by atoms with Crippen LogP contribution in [0.4, 0.5) is 0 Å². The molecule has 25 heavy (non-hydrogen) atoms. The third-order valence-corrected chi connectivity index (χ3v) is 7.77. The van der Waals surface area contributed by atoms with Gasteiger partial charge in [0.05, 0.1) is 41.0 Å². The van der Waals surface area contributed by atoms with Crippen LogP contribution in [0.3, 0.4) is 0 Å². The lowest BCUT2D eigenvalue weighted by Crippen LogP contribution is -2.05. The molecular formula is C18H9Cl6S+. The molecule has 0 radical (unpaired) electrons. The standard InChI is InChI=1S/C18H9Cl6S/c19-13-4-1-10(7-16(13)22)25(11-2-5-14(20)17(23)8-11)12-3-6-15(21)18(24)9-12/h1-9H/q+1. The minimum Gasteiger partial charge on any atom is -0.0827 e. The third-order valence-electron chi connectivity index (χ3n) is 3.38. The van der Waals surface area contributed by atoms with Crippen LogP contribution in [0.1, 0.15) is 0 Å². The van der Waals surface area contributed by atoms with Crippen molar-refractivity contribution in [3.05, 3.63) is 84.7 Å². The van der Waals surface area contributed by atoms with Crippen LogP contribution >= 0.6 is 69.6 Å². The average molecular weight is 470 g/mol. The van der Waals surface area contributed by atoms with Crippen LogP contribution in [0.25, 0.3) is 0 Å². The molecule has 0 atom stereocenters. The Bertz CT molecular complexity index is 818. The first-order valence-electron chi connectivity index (χ1n) is 6.96. The molecule has 3 aromatic rings. The van der Waals surface area contributed by atoms with Crippen LogP contribution in [0, 0.1) is 0 Å². The average Bonchev–Trinajstić information content (AvgIpc) is 2.57. The Hall–Kier alpha value is -0.250. The SMILES string of the molecule is Clc1ccc([S+](c2ccc(Cl)c(Cl)c2)c2ccc(Cl)c(Cl)c2)cc1Cl. The Morgan fingerprint density at radius 3 is 0.920 bits per heavy atom. The van der Waals surface area contributed by atoms with Gasteiger partial charge in [-0.15, -0.1) is 0 Å². The molecule has 0 spiro atoms. The topological polar surface area (TPSA) is 0 Å². The van der Waals surface area contributed by atoms with Crippen molar-refractivity contribution in [2.24, 2.45) is 0 Å². The molecule has 0 heterocycles. The summed E-state index contributed by atoms with van der Waals surface area (Å²) in [5, 5.41) is 2.94. The van der Waals surface area contributed by atoms with Crippen molar-refractivity contribution in [1.82, 2.24) is 0 Å². The van der Waals surface area contributed by atoms with Crippen molar-refractivity contribution in [2.45, 2.75) is 14.7 Å². The zero-order chi connectivity index (χ0) is 18.1. The summed E-state index contributed by atoms with van der Waals surface area (Å²) < 4.78 is 0. The first-order chi connectivity index (χ1) is 11.9. The minimum atomic E-state index is -0.500. The fraction of sp³-hybridized carbons (Fsp3) is 0.